The number of hydrogen-bond acceptors (Lipinski definition) is 1. The van der Waals surface area contributed by atoms with Gasteiger partial charge in [0, 0.05) is 11.8 Å². The molecule has 0 aliphatic carbocycles. The van der Waals surface area contributed by atoms with Gasteiger partial charge in [0.2, 0.25) is 11.4 Å². The Balaban J connectivity index is 2.28. The lowest BCUT2D eigenvalue weighted by Crippen LogP contribution is -1.92. The molecule has 0 bridgehead atoms. The van der Waals surface area contributed by atoms with Gasteiger partial charge in [0.25, 0.3) is 4.90 Å². The largest absolute Gasteiger partial charge is 0.351 e. The second-order valence-corrected chi connectivity index (χ2v) is 3.86. The Morgan fingerprint density at radius 1 is 0.867 bits per heavy atom. The lowest BCUT2D eigenvalue weighted by atomic mass is 10.3. The van der Waals surface area contributed by atoms with Gasteiger partial charge < -0.3 is 5.32 Å². The fraction of sp³-hybridized carbons (Fsp3) is 0. The van der Waals surface area contributed by atoms with Crippen molar-refractivity contribution in [3.63, 3.8) is 0 Å². The highest BCUT2D eigenvalue weighted by Crippen LogP contribution is 2.20. The third-order valence-corrected chi connectivity index (χ3v) is 2.76. The highest BCUT2D eigenvalue weighted by Gasteiger charge is 2.07. The topological polar surface area (TPSA) is 12.0 Å². The summed E-state index contributed by atoms with van der Waals surface area (Å²) in [6.07, 6.45) is 0. The Kier molecular flexibility index (Phi) is 3.10. The smallest absolute Gasteiger partial charge is 0.253 e. The minimum absolute atomic E-state index is 1.10. The highest BCUT2D eigenvalue weighted by atomic mass is 32.1. The maximum atomic E-state index is 3.83. The molecular formula is C13H12NS+. The maximum absolute atomic E-state index is 3.83. The molecule has 1 nitrogen and oxygen atoms in total. The molecule has 0 aliphatic rings. The Bertz CT molecular complexity index is 451. The lowest BCUT2D eigenvalue weighted by Gasteiger charge is -2.04. The van der Waals surface area contributed by atoms with E-state index in [2.05, 4.69) is 23.3 Å². The van der Waals surface area contributed by atoms with E-state index in [0.717, 1.165) is 16.3 Å². The summed E-state index contributed by atoms with van der Waals surface area (Å²) in [6.45, 7) is 0. The van der Waals surface area contributed by atoms with Gasteiger partial charge in [0.05, 0.1) is 0 Å². The summed E-state index contributed by atoms with van der Waals surface area (Å²) >= 11 is 1.50. The number of hydrogen-bond donors (Lipinski definition) is 1. The lowest BCUT2D eigenvalue weighted by molar-refractivity contribution is 1.42. The van der Waals surface area contributed by atoms with E-state index in [-0.39, 0.29) is 0 Å². The molecule has 2 aromatic carbocycles. The first kappa shape index (κ1) is 9.87. The molecule has 1 N–H and O–H groups in total. The summed E-state index contributed by atoms with van der Waals surface area (Å²) in [5, 5.41) is 3.36. The molecule has 0 amide bonds. The monoisotopic (exact) mass is 214 g/mol. The molecule has 74 valence electrons. The Hall–Kier alpha value is -1.67. The van der Waals surface area contributed by atoms with Crippen molar-refractivity contribution in [2.45, 2.75) is 4.90 Å². The second-order valence-electron chi connectivity index (χ2n) is 3.13. The van der Waals surface area contributed by atoms with Crippen LogP contribution in [0.4, 0.5) is 11.4 Å². The van der Waals surface area contributed by atoms with Crippen LogP contribution in [0.1, 0.15) is 0 Å². The fourth-order valence-electron chi connectivity index (χ4n) is 1.37. The molecule has 0 aliphatic heterocycles. The van der Waals surface area contributed by atoms with Crippen LogP contribution < -0.4 is 5.32 Å². The molecule has 0 fully saturated rings. The van der Waals surface area contributed by atoms with E-state index in [9.17, 15) is 0 Å². The predicted molar refractivity (Wildman–Crippen MR) is 68.9 cm³/mol. The molecular weight excluding hydrogens is 202 g/mol. The van der Waals surface area contributed by atoms with Crippen LogP contribution in [0.5, 0.6) is 0 Å². The molecule has 0 unspecified atom stereocenters. The molecule has 0 atom stereocenters. The van der Waals surface area contributed by atoms with E-state index in [0.29, 0.717) is 0 Å². The molecule has 2 heteroatoms. The molecule has 0 radical (unpaired) electrons. The van der Waals surface area contributed by atoms with E-state index in [1.54, 1.807) is 0 Å². The van der Waals surface area contributed by atoms with Crippen molar-refractivity contribution in [1.29, 1.82) is 0 Å². The first-order chi connectivity index (χ1) is 7.40. The van der Waals surface area contributed by atoms with Crippen LogP contribution >= 0.6 is 0 Å². The van der Waals surface area contributed by atoms with Crippen LogP contribution in [-0.2, 0) is 11.4 Å². The van der Waals surface area contributed by atoms with E-state index >= 15 is 0 Å². The van der Waals surface area contributed by atoms with Crippen molar-refractivity contribution >= 4 is 28.6 Å². The summed E-state index contributed by atoms with van der Waals surface area (Å²) in [6, 6.07) is 18.3. The van der Waals surface area contributed by atoms with E-state index < -0.39 is 0 Å². The van der Waals surface area contributed by atoms with E-state index in [4.69, 9.17) is 0 Å². The molecule has 0 saturated carbocycles. The standard InChI is InChI=1S/C13H12NS/c1-15-13-10-6-5-9-12(13)14-11-7-3-2-4-8-11/h2-10,14H,1H2/q+1. The zero-order chi connectivity index (χ0) is 10.5. The van der Waals surface area contributed by atoms with Crippen molar-refractivity contribution in [3.05, 3.63) is 54.6 Å². The van der Waals surface area contributed by atoms with Crippen LogP contribution in [-0.4, -0.2) is 5.87 Å². The van der Waals surface area contributed by atoms with Gasteiger partial charge in [-0.1, -0.05) is 30.3 Å². The van der Waals surface area contributed by atoms with E-state index in [1.807, 2.05) is 42.5 Å². The molecule has 0 aromatic heterocycles. The zero-order valence-electron chi connectivity index (χ0n) is 8.31. The first-order valence-corrected chi connectivity index (χ1v) is 5.72. The number of para-hydroxylation sites is 2. The average molecular weight is 214 g/mol. The molecule has 15 heavy (non-hydrogen) atoms. The predicted octanol–water partition coefficient (Wildman–Crippen LogP) is 3.30. The van der Waals surface area contributed by atoms with Gasteiger partial charge in [-0.2, -0.15) is 0 Å². The Morgan fingerprint density at radius 3 is 2.27 bits per heavy atom. The molecule has 0 spiro atoms. The number of benzene rings is 2. The number of rotatable bonds is 3. The maximum Gasteiger partial charge on any atom is 0.253 e. The summed E-state index contributed by atoms with van der Waals surface area (Å²) in [5.74, 6) is 3.83. The van der Waals surface area contributed by atoms with Crippen LogP contribution in [0.2, 0.25) is 0 Å². The minimum atomic E-state index is 1.10. The van der Waals surface area contributed by atoms with Gasteiger partial charge in [-0.25, -0.2) is 0 Å². The van der Waals surface area contributed by atoms with Crippen LogP contribution in [0.3, 0.4) is 0 Å². The Labute approximate surface area is 93.7 Å². The third-order valence-electron chi connectivity index (χ3n) is 2.10. The van der Waals surface area contributed by atoms with Crippen LogP contribution in [0.15, 0.2) is 59.5 Å². The molecule has 2 aromatic rings. The summed E-state index contributed by atoms with van der Waals surface area (Å²) in [4.78, 5) is 1.15. The van der Waals surface area contributed by atoms with E-state index in [1.165, 1.54) is 11.4 Å². The van der Waals surface area contributed by atoms with Crippen molar-refractivity contribution in [1.82, 2.24) is 0 Å². The Morgan fingerprint density at radius 2 is 1.53 bits per heavy atom. The molecule has 0 saturated heterocycles. The van der Waals surface area contributed by atoms with Crippen molar-refractivity contribution in [2.75, 3.05) is 5.32 Å². The van der Waals surface area contributed by atoms with Gasteiger partial charge in [0.15, 0.2) is 5.87 Å². The first-order valence-electron chi connectivity index (χ1n) is 4.73. The average Bonchev–Trinajstić information content (AvgIpc) is 2.31. The normalized spacial score (nSPS) is 9.60. The highest BCUT2D eigenvalue weighted by molar-refractivity contribution is 7.76. The van der Waals surface area contributed by atoms with Crippen molar-refractivity contribution in [2.24, 2.45) is 0 Å². The van der Waals surface area contributed by atoms with Crippen molar-refractivity contribution in [3.8, 4) is 0 Å². The van der Waals surface area contributed by atoms with Gasteiger partial charge >= 0.3 is 0 Å². The fourth-order valence-corrected chi connectivity index (χ4v) is 1.82. The van der Waals surface area contributed by atoms with Crippen molar-refractivity contribution < 1.29 is 0 Å². The van der Waals surface area contributed by atoms with Gasteiger partial charge in [-0.05, 0) is 18.2 Å². The third kappa shape index (κ3) is 2.42. The summed E-state index contributed by atoms with van der Waals surface area (Å²) in [5.41, 5.74) is 2.20. The van der Waals surface area contributed by atoms with Crippen LogP contribution in [0, 0.1) is 0 Å². The SMILES string of the molecule is C=[S+]c1ccccc1Nc1ccccc1. The van der Waals surface area contributed by atoms with Crippen LogP contribution in [0.25, 0.3) is 0 Å². The minimum Gasteiger partial charge on any atom is -0.351 e. The molecule has 2 rings (SSSR count). The second kappa shape index (κ2) is 4.71. The molecule has 0 heterocycles. The number of nitrogens with one attached hydrogen (secondary N) is 1. The quantitative estimate of drug-likeness (QED) is 0.610. The van der Waals surface area contributed by atoms with Gasteiger partial charge in [-0.3, -0.25) is 0 Å². The van der Waals surface area contributed by atoms with Gasteiger partial charge in [-0.15, -0.1) is 0 Å². The number of anilines is 2. The summed E-state index contributed by atoms with van der Waals surface area (Å²) < 4.78 is 0. The van der Waals surface area contributed by atoms with Gasteiger partial charge in [0.1, 0.15) is 5.69 Å². The zero-order valence-corrected chi connectivity index (χ0v) is 9.13. The summed E-state index contributed by atoms with van der Waals surface area (Å²) in [7, 11) is 0.